The van der Waals surface area contributed by atoms with E-state index in [2.05, 4.69) is 15.9 Å². The highest BCUT2D eigenvalue weighted by Gasteiger charge is 2.44. The van der Waals surface area contributed by atoms with Crippen LogP contribution in [0.4, 0.5) is 13.2 Å². The average Bonchev–Trinajstić information content (AvgIpc) is 3.14. The lowest BCUT2D eigenvalue weighted by Gasteiger charge is -2.22. The molecule has 7 heteroatoms. The third-order valence-corrected chi connectivity index (χ3v) is 3.36. The van der Waals surface area contributed by atoms with Gasteiger partial charge in [-0.15, -0.1) is 0 Å². The van der Waals surface area contributed by atoms with Crippen LogP contribution in [0.25, 0.3) is 0 Å². The van der Waals surface area contributed by atoms with Crippen LogP contribution >= 0.6 is 15.9 Å². The van der Waals surface area contributed by atoms with Gasteiger partial charge in [0.05, 0.1) is 20.3 Å². The van der Waals surface area contributed by atoms with E-state index in [1.165, 1.54) is 19.2 Å². The summed E-state index contributed by atoms with van der Waals surface area (Å²) < 4.78 is 54.3. The molecule has 1 heterocycles. The number of halogens is 4. The van der Waals surface area contributed by atoms with Gasteiger partial charge in [-0.2, -0.15) is 13.2 Å². The van der Waals surface area contributed by atoms with Gasteiger partial charge in [-0.1, -0.05) is 15.9 Å². The maximum Gasteiger partial charge on any atom is 0.418 e. The number of rotatable bonds is 5. The highest BCUT2D eigenvalue weighted by atomic mass is 79.9. The van der Waals surface area contributed by atoms with Crippen molar-refractivity contribution in [1.29, 1.82) is 0 Å². The summed E-state index contributed by atoms with van der Waals surface area (Å²) in [5.74, 6) is 0.346. The van der Waals surface area contributed by atoms with Crippen LogP contribution in [0.1, 0.15) is 11.7 Å². The topological polar surface area (TPSA) is 31.0 Å². The molecule has 0 spiro atoms. The minimum atomic E-state index is -4.50. The number of alkyl halides is 3. The van der Waals surface area contributed by atoms with Crippen molar-refractivity contribution in [3.8, 4) is 5.75 Å². The highest BCUT2D eigenvalue weighted by Crippen LogP contribution is 2.40. The van der Waals surface area contributed by atoms with Crippen molar-refractivity contribution in [1.82, 2.24) is 0 Å². The molecule has 0 bridgehead atoms. The van der Waals surface area contributed by atoms with Gasteiger partial charge in [-0.3, -0.25) is 0 Å². The molecule has 3 nitrogen and oxygen atoms in total. The van der Waals surface area contributed by atoms with Gasteiger partial charge in [0.2, 0.25) is 0 Å². The quantitative estimate of drug-likeness (QED) is 0.769. The highest BCUT2D eigenvalue weighted by molar-refractivity contribution is 9.10. The Balaban J connectivity index is 2.24. The van der Waals surface area contributed by atoms with Crippen molar-refractivity contribution in [3.05, 3.63) is 28.2 Å². The summed E-state index contributed by atoms with van der Waals surface area (Å²) in [7, 11) is 1.40. The molecule has 19 heavy (non-hydrogen) atoms. The first-order valence-corrected chi connectivity index (χ1v) is 6.34. The van der Waals surface area contributed by atoms with Gasteiger partial charge >= 0.3 is 6.18 Å². The average molecular weight is 341 g/mol. The predicted octanol–water partition coefficient (Wildman–Crippen LogP) is 3.48. The zero-order chi connectivity index (χ0) is 14.0. The summed E-state index contributed by atoms with van der Waals surface area (Å²) in [5, 5.41) is 0. The largest absolute Gasteiger partial charge is 0.497 e. The molecule has 1 saturated heterocycles. The fourth-order valence-corrected chi connectivity index (χ4v) is 2.03. The zero-order valence-corrected chi connectivity index (χ0v) is 11.6. The Bertz CT molecular complexity index is 446. The Morgan fingerprint density at radius 3 is 2.68 bits per heavy atom. The van der Waals surface area contributed by atoms with Gasteiger partial charge in [0.1, 0.15) is 11.9 Å². The van der Waals surface area contributed by atoms with E-state index in [9.17, 15) is 13.2 Å². The van der Waals surface area contributed by atoms with Gasteiger partial charge in [0.25, 0.3) is 0 Å². The Morgan fingerprint density at radius 1 is 1.47 bits per heavy atom. The molecular formula is C12H12BrF3O3. The van der Waals surface area contributed by atoms with E-state index in [1.54, 1.807) is 6.07 Å². The lowest BCUT2D eigenvalue weighted by atomic mass is 10.1. The molecule has 1 aromatic rings. The number of methoxy groups -OCH3 is 1. The van der Waals surface area contributed by atoms with Gasteiger partial charge in [-0.05, 0) is 18.2 Å². The maximum atomic E-state index is 13.1. The monoisotopic (exact) mass is 340 g/mol. The van der Waals surface area contributed by atoms with Crippen molar-refractivity contribution < 1.29 is 27.4 Å². The lowest BCUT2D eigenvalue weighted by Crippen LogP contribution is -2.25. The molecule has 0 N–H and O–H groups in total. The van der Waals surface area contributed by atoms with Crippen molar-refractivity contribution >= 4 is 15.9 Å². The molecular weight excluding hydrogens is 329 g/mol. The van der Waals surface area contributed by atoms with E-state index in [-0.39, 0.29) is 18.3 Å². The minimum absolute atomic E-state index is 0.00694. The Labute approximate surface area is 116 Å². The molecule has 1 aromatic carbocycles. The second-order valence-corrected chi connectivity index (χ2v) is 4.95. The van der Waals surface area contributed by atoms with E-state index in [0.29, 0.717) is 16.8 Å². The number of hydrogen-bond donors (Lipinski definition) is 0. The molecule has 0 unspecified atom stereocenters. The van der Waals surface area contributed by atoms with Crippen LogP contribution in [-0.4, -0.2) is 32.6 Å². The summed E-state index contributed by atoms with van der Waals surface area (Å²) in [6.45, 7) is 0.373. The first kappa shape index (κ1) is 14.6. The summed E-state index contributed by atoms with van der Waals surface area (Å²) >= 11 is 3.11. The molecule has 0 radical (unpaired) electrons. The van der Waals surface area contributed by atoms with Crippen molar-refractivity contribution in [2.24, 2.45) is 0 Å². The molecule has 1 aliphatic rings. The van der Waals surface area contributed by atoms with E-state index in [4.69, 9.17) is 14.2 Å². The van der Waals surface area contributed by atoms with Crippen LogP contribution in [0.5, 0.6) is 5.75 Å². The van der Waals surface area contributed by atoms with Crippen LogP contribution in [0.3, 0.4) is 0 Å². The van der Waals surface area contributed by atoms with Crippen LogP contribution in [-0.2, 0) is 9.47 Å². The van der Waals surface area contributed by atoms with Crippen LogP contribution in [0.2, 0.25) is 0 Å². The molecule has 0 aliphatic carbocycles. The summed E-state index contributed by atoms with van der Waals surface area (Å²) in [4.78, 5) is 0. The number of benzene rings is 1. The number of hydrogen-bond acceptors (Lipinski definition) is 3. The van der Waals surface area contributed by atoms with Gasteiger partial charge < -0.3 is 14.2 Å². The second kappa shape index (κ2) is 5.68. The first-order chi connectivity index (χ1) is 8.91. The third kappa shape index (κ3) is 3.84. The lowest BCUT2D eigenvalue weighted by molar-refractivity contribution is -0.225. The number of epoxide rings is 1. The van der Waals surface area contributed by atoms with E-state index >= 15 is 0 Å². The smallest absolute Gasteiger partial charge is 0.418 e. The van der Waals surface area contributed by atoms with Crippen LogP contribution in [0.15, 0.2) is 22.7 Å². The molecule has 2 rings (SSSR count). The fourth-order valence-electron chi connectivity index (χ4n) is 1.58. The Hall–Kier alpha value is -0.790. The molecule has 106 valence electrons. The Kier molecular flexibility index (Phi) is 4.37. The van der Waals surface area contributed by atoms with E-state index in [0.717, 1.165) is 0 Å². The van der Waals surface area contributed by atoms with Crippen LogP contribution in [0, 0.1) is 0 Å². The molecule has 0 aromatic heterocycles. The second-order valence-electron chi connectivity index (χ2n) is 4.10. The van der Waals surface area contributed by atoms with Gasteiger partial charge in [0, 0.05) is 10.0 Å². The number of ether oxygens (including phenoxy) is 3. The normalized spacial score (nSPS) is 20.2. The van der Waals surface area contributed by atoms with E-state index in [1.807, 2.05) is 0 Å². The SMILES string of the molecule is COc1ccc(Br)c([C@@H](OC[C@@H]2CO2)C(F)(F)F)c1. The van der Waals surface area contributed by atoms with Crippen LogP contribution < -0.4 is 4.74 Å². The predicted molar refractivity (Wildman–Crippen MR) is 65.2 cm³/mol. The summed E-state index contributed by atoms with van der Waals surface area (Å²) in [5.41, 5.74) is -0.00694. The van der Waals surface area contributed by atoms with Gasteiger partial charge in [0.15, 0.2) is 6.10 Å². The minimum Gasteiger partial charge on any atom is -0.497 e. The molecule has 1 aliphatic heterocycles. The third-order valence-electron chi connectivity index (χ3n) is 2.63. The molecule has 0 saturated carbocycles. The summed E-state index contributed by atoms with van der Waals surface area (Å²) in [6.07, 6.45) is -6.72. The van der Waals surface area contributed by atoms with Crippen molar-refractivity contribution in [2.45, 2.75) is 18.4 Å². The molecule has 0 amide bonds. The first-order valence-electron chi connectivity index (χ1n) is 5.55. The summed E-state index contributed by atoms with van der Waals surface area (Å²) in [6, 6.07) is 4.39. The van der Waals surface area contributed by atoms with Crippen molar-refractivity contribution in [2.75, 3.05) is 20.3 Å². The van der Waals surface area contributed by atoms with Gasteiger partial charge in [-0.25, -0.2) is 0 Å². The molecule has 2 atom stereocenters. The van der Waals surface area contributed by atoms with Crippen molar-refractivity contribution in [3.63, 3.8) is 0 Å². The standard InChI is InChI=1S/C12H12BrF3O3/c1-17-7-2-3-10(13)9(4-7)11(12(14,15)16)19-6-8-5-18-8/h2-4,8,11H,5-6H2,1H3/t8-,11+/m0/s1. The fraction of sp³-hybridized carbons (Fsp3) is 0.500. The van der Waals surface area contributed by atoms with E-state index < -0.39 is 12.3 Å². The zero-order valence-electron chi connectivity index (χ0n) is 10.0. The maximum absolute atomic E-state index is 13.1. The Morgan fingerprint density at radius 2 is 2.16 bits per heavy atom. The molecule has 1 fully saturated rings.